The number of ether oxygens (including phenoxy) is 1. The summed E-state index contributed by atoms with van der Waals surface area (Å²) < 4.78 is 5.35. The second-order valence-electron chi connectivity index (χ2n) is 3.67. The number of carbonyl (C=O) groups is 1. The lowest BCUT2D eigenvalue weighted by Crippen LogP contribution is -2.17. The molecule has 0 N–H and O–H groups in total. The molecule has 0 aromatic heterocycles. The Kier molecular flexibility index (Phi) is 3.18. The standard InChI is InChI=1S/C13H14O2/c14-13(11-7-3-1-4-8-11)15-12-9-5-2-6-10-12/h1,3-5,7-9,12H,2,6,10H2. The van der Waals surface area contributed by atoms with Crippen molar-refractivity contribution in [3.8, 4) is 0 Å². The quantitative estimate of drug-likeness (QED) is 0.544. The highest BCUT2D eigenvalue weighted by Gasteiger charge is 2.14. The third-order valence-electron chi connectivity index (χ3n) is 2.48. The molecule has 0 bridgehead atoms. The first-order chi connectivity index (χ1) is 7.36. The number of hydrogen-bond donors (Lipinski definition) is 0. The summed E-state index contributed by atoms with van der Waals surface area (Å²) in [4.78, 5) is 11.7. The second-order valence-corrected chi connectivity index (χ2v) is 3.67. The molecule has 2 rings (SSSR count). The molecule has 0 amide bonds. The molecule has 1 aliphatic carbocycles. The Bertz CT molecular complexity index is 354. The van der Waals surface area contributed by atoms with Crippen molar-refractivity contribution in [1.29, 1.82) is 0 Å². The van der Waals surface area contributed by atoms with Crippen molar-refractivity contribution in [2.45, 2.75) is 25.4 Å². The molecule has 0 saturated heterocycles. The van der Waals surface area contributed by atoms with Gasteiger partial charge in [0.2, 0.25) is 0 Å². The van der Waals surface area contributed by atoms with Gasteiger partial charge < -0.3 is 4.74 Å². The van der Waals surface area contributed by atoms with Gasteiger partial charge in [-0.05, 0) is 37.5 Å². The smallest absolute Gasteiger partial charge is 0.338 e. The van der Waals surface area contributed by atoms with Gasteiger partial charge in [-0.25, -0.2) is 4.79 Å². The number of hydrogen-bond acceptors (Lipinski definition) is 2. The van der Waals surface area contributed by atoms with E-state index in [4.69, 9.17) is 4.74 Å². The van der Waals surface area contributed by atoms with Crippen molar-refractivity contribution in [2.75, 3.05) is 0 Å². The number of rotatable bonds is 2. The van der Waals surface area contributed by atoms with Crippen molar-refractivity contribution in [3.63, 3.8) is 0 Å². The molecule has 78 valence electrons. The van der Waals surface area contributed by atoms with Crippen molar-refractivity contribution in [1.82, 2.24) is 0 Å². The average molecular weight is 202 g/mol. The van der Waals surface area contributed by atoms with Crippen LogP contribution in [-0.4, -0.2) is 12.1 Å². The highest BCUT2D eigenvalue weighted by Crippen LogP contribution is 2.15. The minimum Gasteiger partial charge on any atom is -0.455 e. The van der Waals surface area contributed by atoms with Crippen LogP contribution >= 0.6 is 0 Å². The van der Waals surface area contributed by atoms with E-state index in [1.807, 2.05) is 24.3 Å². The lowest BCUT2D eigenvalue weighted by molar-refractivity contribution is 0.0370. The zero-order valence-corrected chi connectivity index (χ0v) is 8.56. The molecule has 0 spiro atoms. The summed E-state index contributed by atoms with van der Waals surface area (Å²) in [6, 6.07) is 9.11. The molecular formula is C13H14O2. The topological polar surface area (TPSA) is 26.3 Å². The van der Waals surface area contributed by atoms with E-state index < -0.39 is 0 Å². The predicted octanol–water partition coefficient (Wildman–Crippen LogP) is 2.95. The summed E-state index contributed by atoms with van der Waals surface area (Å²) in [7, 11) is 0. The highest BCUT2D eigenvalue weighted by molar-refractivity contribution is 5.89. The number of allylic oxidation sites excluding steroid dienone is 1. The van der Waals surface area contributed by atoms with E-state index in [1.54, 1.807) is 12.1 Å². The van der Waals surface area contributed by atoms with E-state index in [2.05, 4.69) is 6.08 Å². The van der Waals surface area contributed by atoms with Gasteiger partial charge in [0.05, 0.1) is 5.56 Å². The maximum Gasteiger partial charge on any atom is 0.338 e. The molecule has 2 nitrogen and oxygen atoms in total. The number of carbonyl (C=O) groups excluding carboxylic acids is 1. The first-order valence-corrected chi connectivity index (χ1v) is 5.29. The van der Waals surface area contributed by atoms with E-state index in [0.29, 0.717) is 5.56 Å². The maximum absolute atomic E-state index is 11.7. The molecule has 0 radical (unpaired) electrons. The van der Waals surface area contributed by atoms with E-state index in [9.17, 15) is 4.79 Å². The molecule has 1 atom stereocenters. The maximum atomic E-state index is 11.7. The zero-order chi connectivity index (χ0) is 10.5. The van der Waals surface area contributed by atoms with Gasteiger partial charge in [0.25, 0.3) is 0 Å². The fourth-order valence-corrected chi connectivity index (χ4v) is 1.66. The third-order valence-corrected chi connectivity index (χ3v) is 2.48. The van der Waals surface area contributed by atoms with Gasteiger partial charge in [-0.15, -0.1) is 0 Å². The molecule has 0 heterocycles. The van der Waals surface area contributed by atoms with Crippen LogP contribution in [0.25, 0.3) is 0 Å². The highest BCUT2D eigenvalue weighted by atomic mass is 16.5. The third kappa shape index (κ3) is 2.69. The molecule has 0 saturated carbocycles. The molecule has 15 heavy (non-hydrogen) atoms. The van der Waals surface area contributed by atoms with Crippen LogP contribution in [0, 0.1) is 0 Å². The Balaban J connectivity index is 1.98. The van der Waals surface area contributed by atoms with Gasteiger partial charge >= 0.3 is 5.97 Å². The molecule has 1 aromatic carbocycles. The van der Waals surface area contributed by atoms with Crippen LogP contribution in [0.2, 0.25) is 0 Å². The van der Waals surface area contributed by atoms with Crippen LogP contribution < -0.4 is 0 Å². The van der Waals surface area contributed by atoms with Crippen molar-refractivity contribution in [3.05, 3.63) is 48.0 Å². The Morgan fingerprint density at radius 3 is 2.73 bits per heavy atom. The fraction of sp³-hybridized carbons (Fsp3) is 0.308. The zero-order valence-electron chi connectivity index (χ0n) is 8.56. The summed E-state index contributed by atoms with van der Waals surface area (Å²) in [5.41, 5.74) is 0.622. The van der Waals surface area contributed by atoms with E-state index in [0.717, 1.165) is 19.3 Å². The van der Waals surface area contributed by atoms with Crippen molar-refractivity contribution < 1.29 is 9.53 Å². The SMILES string of the molecule is O=C(OC1C=CCCC1)c1ccccc1. The number of esters is 1. The molecule has 1 unspecified atom stereocenters. The Hall–Kier alpha value is -1.57. The predicted molar refractivity (Wildman–Crippen MR) is 58.6 cm³/mol. The van der Waals surface area contributed by atoms with Crippen LogP contribution in [0.1, 0.15) is 29.6 Å². The lowest BCUT2D eigenvalue weighted by Gasteiger charge is -2.16. The Morgan fingerprint density at radius 1 is 1.27 bits per heavy atom. The van der Waals surface area contributed by atoms with Gasteiger partial charge in [-0.3, -0.25) is 0 Å². The second kappa shape index (κ2) is 4.78. The summed E-state index contributed by atoms with van der Waals surface area (Å²) in [5.74, 6) is -0.229. The fourth-order valence-electron chi connectivity index (χ4n) is 1.66. The van der Waals surface area contributed by atoms with E-state index >= 15 is 0 Å². The molecule has 2 heteroatoms. The van der Waals surface area contributed by atoms with Gasteiger partial charge in [0, 0.05) is 0 Å². The van der Waals surface area contributed by atoms with Crippen LogP contribution in [0.15, 0.2) is 42.5 Å². The van der Waals surface area contributed by atoms with Crippen molar-refractivity contribution in [2.24, 2.45) is 0 Å². The van der Waals surface area contributed by atoms with Gasteiger partial charge in [0.1, 0.15) is 6.10 Å². The van der Waals surface area contributed by atoms with Crippen LogP contribution in [0.3, 0.4) is 0 Å². The minimum atomic E-state index is -0.229. The minimum absolute atomic E-state index is 0.0357. The lowest BCUT2D eigenvalue weighted by atomic mass is 10.1. The largest absolute Gasteiger partial charge is 0.455 e. The van der Waals surface area contributed by atoms with Gasteiger partial charge in [-0.2, -0.15) is 0 Å². The summed E-state index contributed by atoms with van der Waals surface area (Å²) in [6.07, 6.45) is 7.15. The van der Waals surface area contributed by atoms with E-state index in [1.165, 1.54) is 0 Å². The first kappa shape index (κ1) is 9.97. The molecule has 1 aromatic rings. The van der Waals surface area contributed by atoms with E-state index in [-0.39, 0.29) is 12.1 Å². The van der Waals surface area contributed by atoms with Crippen molar-refractivity contribution >= 4 is 5.97 Å². The van der Waals surface area contributed by atoms with Crippen LogP contribution in [-0.2, 0) is 4.74 Å². The Labute approximate surface area is 89.6 Å². The Morgan fingerprint density at radius 2 is 2.07 bits per heavy atom. The van der Waals surface area contributed by atoms with Gasteiger partial charge in [0.15, 0.2) is 0 Å². The summed E-state index contributed by atoms with van der Waals surface area (Å²) in [5, 5.41) is 0. The number of benzene rings is 1. The van der Waals surface area contributed by atoms with Crippen LogP contribution in [0.5, 0.6) is 0 Å². The molecular weight excluding hydrogens is 188 g/mol. The monoisotopic (exact) mass is 202 g/mol. The van der Waals surface area contributed by atoms with Crippen LogP contribution in [0.4, 0.5) is 0 Å². The summed E-state index contributed by atoms with van der Waals surface area (Å²) >= 11 is 0. The normalized spacial score (nSPS) is 19.9. The molecule has 1 aliphatic rings. The molecule has 0 fully saturated rings. The average Bonchev–Trinajstić information content (AvgIpc) is 2.31. The summed E-state index contributed by atoms with van der Waals surface area (Å²) in [6.45, 7) is 0. The molecule has 0 aliphatic heterocycles. The first-order valence-electron chi connectivity index (χ1n) is 5.29. The van der Waals surface area contributed by atoms with Gasteiger partial charge in [-0.1, -0.05) is 24.3 Å².